The van der Waals surface area contributed by atoms with Crippen molar-refractivity contribution in [3.05, 3.63) is 42.1 Å². The molecule has 1 aliphatic rings. The molecule has 0 unspecified atom stereocenters. The van der Waals surface area contributed by atoms with Crippen LogP contribution in [0, 0.1) is 0 Å². The summed E-state index contributed by atoms with van der Waals surface area (Å²) in [5.74, 6) is 2.08. The molecule has 0 saturated heterocycles. The van der Waals surface area contributed by atoms with Gasteiger partial charge in [0.2, 0.25) is 0 Å². The second-order valence-electron chi connectivity index (χ2n) is 6.55. The Balaban J connectivity index is 2.06. The predicted octanol–water partition coefficient (Wildman–Crippen LogP) is 3.42. The number of nitrogens with zero attached hydrogens (tertiary/aromatic N) is 2. The van der Waals surface area contributed by atoms with Crippen LogP contribution in [-0.2, 0) is 6.54 Å². The van der Waals surface area contributed by atoms with Crippen LogP contribution < -0.4 is 14.2 Å². The Hall–Kier alpha value is -3.15. The molecule has 2 heterocycles. The number of ether oxygens (including phenoxy) is 3. The Morgan fingerprint density at radius 1 is 0.889 bits per heavy atom. The molecule has 3 aromatic rings. The molecule has 0 N–H and O–H groups in total. The molecular weight excluding hydrogens is 344 g/mol. The second-order valence-corrected chi connectivity index (χ2v) is 6.55. The largest absolute Gasteiger partial charge is 0.497 e. The van der Waals surface area contributed by atoms with Crippen molar-refractivity contribution < 1.29 is 19.0 Å². The fourth-order valence-electron chi connectivity index (χ4n) is 3.71. The Morgan fingerprint density at radius 2 is 1.56 bits per heavy atom. The predicted molar refractivity (Wildman–Crippen MR) is 104 cm³/mol. The van der Waals surface area contributed by atoms with Crippen LogP contribution >= 0.6 is 0 Å². The van der Waals surface area contributed by atoms with Gasteiger partial charge in [0.05, 0.1) is 26.8 Å². The van der Waals surface area contributed by atoms with Crippen molar-refractivity contribution in [3.8, 4) is 28.4 Å². The maximum Gasteiger partial charge on any atom is 0.270 e. The van der Waals surface area contributed by atoms with Gasteiger partial charge in [0.25, 0.3) is 5.91 Å². The Kier molecular flexibility index (Phi) is 4.18. The number of rotatable bonds is 4. The number of amides is 1. The smallest absolute Gasteiger partial charge is 0.270 e. The second kappa shape index (κ2) is 6.54. The van der Waals surface area contributed by atoms with E-state index in [2.05, 4.69) is 4.57 Å². The first kappa shape index (κ1) is 17.3. The van der Waals surface area contributed by atoms with Gasteiger partial charge >= 0.3 is 0 Å². The lowest BCUT2D eigenvalue weighted by Crippen LogP contribution is -2.37. The van der Waals surface area contributed by atoms with Crippen LogP contribution in [0.25, 0.3) is 22.0 Å². The molecule has 6 heteroatoms. The zero-order valence-corrected chi connectivity index (χ0v) is 15.9. The van der Waals surface area contributed by atoms with Gasteiger partial charge in [-0.25, -0.2) is 0 Å². The first-order valence-electron chi connectivity index (χ1n) is 8.77. The normalized spacial score (nSPS) is 13.6. The maximum absolute atomic E-state index is 13.0. The van der Waals surface area contributed by atoms with Crippen molar-refractivity contribution in [1.29, 1.82) is 0 Å². The fourth-order valence-corrected chi connectivity index (χ4v) is 3.71. The average Bonchev–Trinajstić information content (AvgIpc) is 3.03. The van der Waals surface area contributed by atoms with Crippen LogP contribution in [0.5, 0.6) is 17.2 Å². The average molecular weight is 366 g/mol. The quantitative estimate of drug-likeness (QED) is 0.710. The highest BCUT2D eigenvalue weighted by atomic mass is 16.5. The van der Waals surface area contributed by atoms with E-state index in [-0.39, 0.29) is 5.91 Å². The number of fused-ring (bicyclic) bond motifs is 3. The zero-order valence-electron chi connectivity index (χ0n) is 15.9. The van der Waals surface area contributed by atoms with E-state index in [0.29, 0.717) is 23.7 Å². The highest BCUT2D eigenvalue weighted by molar-refractivity contribution is 6.11. The van der Waals surface area contributed by atoms with E-state index in [1.165, 1.54) is 0 Å². The topological polar surface area (TPSA) is 52.9 Å². The maximum atomic E-state index is 13.0. The summed E-state index contributed by atoms with van der Waals surface area (Å²) in [5, 5.41) is 0.969. The number of carbonyl (C=O) groups excluding carboxylic acids is 1. The van der Waals surface area contributed by atoms with Crippen molar-refractivity contribution >= 4 is 16.8 Å². The number of likely N-dealkylation sites (N-methyl/N-ethyl adjacent to an activating group) is 1. The molecule has 0 radical (unpaired) electrons. The number of methoxy groups -OCH3 is 3. The molecule has 1 amide bonds. The van der Waals surface area contributed by atoms with E-state index in [0.717, 1.165) is 34.3 Å². The lowest BCUT2D eigenvalue weighted by atomic mass is 10.0. The molecule has 1 aliphatic heterocycles. The van der Waals surface area contributed by atoms with Crippen LogP contribution in [-0.4, -0.2) is 50.3 Å². The lowest BCUT2D eigenvalue weighted by molar-refractivity contribution is 0.0752. The van der Waals surface area contributed by atoms with E-state index in [1.54, 1.807) is 26.2 Å². The summed E-state index contributed by atoms with van der Waals surface area (Å²) in [6.07, 6.45) is 0. The Labute approximate surface area is 157 Å². The van der Waals surface area contributed by atoms with Crippen molar-refractivity contribution in [3.63, 3.8) is 0 Å². The lowest BCUT2D eigenvalue weighted by Gasteiger charge is -2.25. The van der Waals surface area contributed by atoms with Crippen LogP contribution in [0.2, 0.25) is 0 Å². The highest BCUT2D eigenvalue weighted by Crippen LogP contribution is 2.42. The van der Waals surface area contributed by atoms with E-state index in [9.17, 15) is 4.79 Å². The number of carbonyl (C=O) groups is 1. The Morgan fingerprint density at radius 3 is 2.19 bits per heavy atom. The van der Waals surface area contributed by atoms with Gasteiger partial charge in [0.15, 0.2) is 11.5 Å². The first-order valence-corrected chi connectivity index (χ1v) is 8.77. The van der Waals surface area contributed by atoms with Crippen LogP contribution in [0.3, 0.4) is 0 Å². The zero-order chi connectivity index (χ0) is 19.1. The van der Waals surface area contributed by atoms with Crippen molar-refractivity contribution in [2.24, 2.45) is 0 Å². The minimum Gasteiger partial charge on any atom is -0.497 e. The highest BCUT2D eigenvalue weighted by Gasteiger charge is 2.30. The van der Waals surface area contributed by atoms with Gasteiger partial charge in [-0.3, -0.25) is 4.79 Å². The minimum absolute atomic E-state index is 0.0150. The van der Waals surface area contributed by atoms with Crippen molar-refractivity contribution in [2.75, 3.05) is 34.9 Å². The third kappa shape index (κ3) is 2.60. The van der Waals surface area contributed by atoms with E-state index in [4.69, 9.17) is 14.2 Å². The molecule has 140 valence electrons. The number of aromatic nitrogens is 1. The van der Waals surface area contributed by atoms with Crippen LogP contribution in [0.1, 0.15) is 10.5 Å². The summed E-state index contributed by atoms with van der Waals surface area (Å²) in [6.45, 7) is 1.41. The van der Waals surface area contributed by atoms with Crippen LogP contribution in [0.4, 0.5) is 0 Å². The van der Waals surface area contributed by atoms with Gasteiger partial charge in [-0.05, 0) is 23.8 Å². The summed E-state index contributed by atoms with van der Waals surface area (Å²) in [5.41, 5.74) is 3.53. The van der Waals surface area contributed by atoms with Gasteiger partial charge in [0, 0.05) is 37.2 Å². The van der Waals surface area contributed by atoms with Crippen molar-refractivity contribution in [2.45, 2.75) is 6.54 Å². The molecule has 27 heavy (non-hydrogen) atoms. The van der Waals surface area contributed by atoms with Crippen LogP contribution in [0.15, 0.2) is 36.4 Å². The minimum atomic E-state index is 0.0150. The molecule has 6 nitrogen and oxygen atoms in total. The fraction of sp³-hybridized carbons (Fsp3) is 0.286. The van der Waals surface area contributed by atoms with Gasteiger partial charge in [-0.15, -0.1) is 0 Å². The molecule has 0 aliphatic carbocycles. The molecular formula is C21H22N2O4. The SMILES string of the molecule is COc1ccc(-c2c3n(c4cc(OC)c(OC)cc24)CCN(C)C3=O)cc1. The summed E-state index contributed by atoms with van der Waals surface area (Å²) in [4.78, 5) is 14.8. The van der Waals surface area contributed by atoms with Gasteiger partial charge < -0.3 is 23.7 Å². The van der Waals surface area contributed by atoms with Gasteiger partial charge in [0.1, 0.15) is 11.4 Å². The number of benzene rings is 2. The third-order valence-corrected chi connectivity index (χ3v) is 5.16. The van der Waals surface area contributed by atoms with E-state index in [1.807, 2.05) is 43.4 Å². The van der Waals surface area contributed by atoms with E-state index >= 15 is 0 Å². The molecule has 0 bridgehead atoms. The molecule has 0 saturated carbocycles. The molecule has 2 aromatic carbocycles. The standard InChI is InChI=1S/C21H22N2O4/c1-22-9-10-23-16-12-18(27-4)17(26-3)11-15(16)19(20(23)21(22)24)13-5-7-14(25-2)8-6-13/h5-8,11-12H,9-10H2,1-4H3. The molecule has 0 spiro atoms. The third-order valence-electron chi connectivity index (χ3n) is 5.16. The van der Waals surface area contributed by atoms with Gasteiger partial charge in [-0.1, -0.05) is 12.1 Å². The van der Waals surface area contributed by atoms with Crippen molar-refractivity contribution in [1.82, 2.24) is 9.47 Å². The summed E-state index contributed by atoms with van der Waals surface area (Å²) in [6, 6.07) is 11.7. The molecule has 0 atom stereocenters. The molecule has 1 aromatic heterocycles. The summed E-state index contributed by atoms with van der Waals surface area (Å²) >= 11 is 0. The Bertz CT molecular complexity index is 1020. The summed E-state index contributed by atoms with van der Waals surface area (Å²) in [7, 11) is 6.71. The number of hydrogen-bond donors (Lipinski definition) is 0. The first-order chi connectivity index (χ1) is 13.1. The monoisotopic (exact) mass is 366 g/mol. The summed E-state index contributed by atoms with van der Waals surface area (Å²) < 4.78 is 18.3. The van der Waals surface area contributed by atoms with E-state index < -0.39 is 0 Å². The number of hydrogen-bond acceptors (Lipinski definition) is 4. The van der Waals surface area contributed by atoms with Gasteiger partial charge in [-0.2, -0.15) is 0 Å². The molecule has 4 rings (SSSR count). The molecule has 0 fully saturated rings.